The summed E-state index contributed by atoms with van der Waals surface area (Å²) in [5, 5.41) is 0.662. The van der Waals surface area contributed by atoms with E-state index in [-0.39, 0.29) is 5.78 Å². The Hall–Kier alpha value is -0.0900. The third-order valence-corrected chi connectivity index (χ3v) is 4.00. The van der Waals surface area contributed by atoms with Crippen molar-refractivity contribution < 1.29 is 4.79 Å². The summed E-state index contributed by atoms with van der Waals surface area (Å²) in [4.78, 5) is 11.8. The maximum absolute atomic E-state index is 11.8. The molecule has 1 rings (SSSR count). The molecular formula is C13H16ClIO. The Balaban J connectivity index is 2.56. The molecule has 0 bridgehead atoms. The summed E-state index contributed by atoms with van der Waals surface area (Å²) in [6.07, 6.45) is 2.68. The molecule has 88 valence electrons. The quantitative estimate of drug-likeness (QED) is 0.542. The minimum atomic E-state index is 0.193. The molecule has 0 radical (unpaired) electrons. The zero-order chi connectivity index (χ0) is 12.1. The SMILES string of the molecule is CC(C)CCCC(=O)c1ccc(I)c(Cl)c1. The topological polar surface area (TPSA) is 17.1 Å². The summed E-state index contributed by atoms with van der Waals surface area (Å²) in [5.41, 5.74) is 0.731. The molecule has 0 unspecified atom stereocenters. The summed E-state index contributed by atoms with van der Waals surface area (Å²) in [5.74, 6) is 0.854. The second kappa shape index (κ2) is 6.60. The highest BCUT2D eigenvalue weighted by Gasteiger charge is 2.08. The van der Waals surface area contributed by atoms with E-state index < -0.39 is 0 Å². The highest BCUT2D eigenvalue weighted by atomic mass is 127. The first-order valence-corrected chi connectivity index (χ1v) is 6.94. The van der Waals surface area contributed by atoms with Gasteiger partial charge in [-0.05, 0) is 47.1 Å². The standard InChI is InChI=1S/C13H16ClIO/c1-9(2)4-3-5-13(16)10-6-7-12(15)11(14)8-10/h6-9H,3-5H2,1-2H3. The average molecular weight is 351 g/mol. The molecule has 0 aliphatic carbocycles. The van der Waals surface area contributed by atoms with Crippen molar-refractivity contribution in [3.05, 3.63) is 32.4 Å². The van der Waals surface area contributed by atoms with Crippen molar-refractivity contribution in [2.24, 2.45) is 5.92 Å². The van der Waals surface area contributed by atoms with Crippen LogP contribution in [0.1, 0.15) is 43.5 Å². The van der Waals surface area contributed by atoms with Gasteiger partial charge in [-0.3, -0.25) is 4.79 Å². The van der Waals surface area contributed by atoms with Gasteiger partial charge in [-0.25, -0.2) is 0 Å². The van der Waals surface area contributed by atoms with Crippen LogP contribution in [0, 0.1) is 9.49 Å². The van der Waals surface area contributed by atoms with E-state index in [1.54, 1.807) is 6.07 Å². The molecule has 0 fully saturated rings. The van der Waals surface area contributed by atoms with Crippen molar-refractivity contribution >= 4 is 40.0 Å². The first-order chi connectivity index (χ1) is 7.50. The minimum absolute atomic E-state index is 0.193. The molecular weight excluding hydrogens is 334 g/mol. The molecule has 16 heavy (non-hydrogen) atoms. The van der Waals surface area contributed by atoms with Gasteiger partial charge in [-0.2, -0.15) is 0 Å². The number of halogens is 2. The van der Waals surface area contributed by atoms with Gasteiger partial charge >= 0.3 is 0 Å². The molecule has 0 aliphatic rings. The summed E-state index contributed by atoms with van der Waals surface area (Å²) in [6, 6.07) is 5.50. The van der Waals surface area contributed by atoms with E-state index >= 15 is 0 Å². The molecule has 3 heteroatoms. The lowest BCUT2D eigenvalue weighted by Crippen LogP contribution is -2.00. The zero-order valence-electron chi connectivity index (χ0n) is 9.59. The van der Waals surface area contributed by atoms with Crippen molar-refractivity contribution in [3.8, 4) is 0 Å². The van der Waals surface area contributed by atoms with E-state index in [2.05, 4.69) is 36.4 Å². The summed E-state index contributed by atoms with van der Waals surface area (Å²) in [6.45, 7) is 4.35. The lowest BCUT2D eigenvalue weighted by Gasteiger charge is -2.05. The first kappa shape index (κ1) is 14.0. The molecule has 0 N–H and O–H groups in total. The van der Waals surface area contributed by atoms with E-state index in [9.17, 15) is 4.79 Å². The predicted molar refractivity (Wildman–Crippen MR) is 77.2 cm³/mol. The number of hydrogen-bond donors (Lipinski definition) is 0. The number of Topliss-reactive ketones (excluding diaryl/α,β-unsaturated/α-hetero) is 1. The highest BCUT2D eigenvalue weighted by molar-refractivity contribution is 14.1. The Kier molecular flexibility index (Phi) is 5.76. The van der Waals surface area contributed by atoms with Crippen molar-refractivity contribution in [1.29, 1.82) is 0 Å². The van der Waals surface area contributed by atoms with Crippen LogP contribution in [-0.4, -0.2) is 5.78 Å². The van der Waals surface area contributed by atoms with Crippen LogP contribution in [0.4, 0.5) is 0 Å². The van der Waals surface area contributed by atoms with Gasteiger partial charge in [0.05, 0.1) is 5.02 Å². The van der Waals surface area contributed by atoms with Crippen molar-refractivity contribution in [2.45, 2.75) is 33.1 Å². The molecule has 0 saturated carbocycles. The molecule has 1 nitrogen and oxygen atoms in total. The van der Waals surface area contributed by atoms with Gasteiger partial charge in [0.25, 0.3) is 0 Å². The van der Waals surface area contributed by atoms with E-state index in [1.807, 2.05) is 12.1 Å². The van der Waals surface area contributed by atoms with Crippen molar-refractivity contribution in [2.75, 3.05) is 0 Å². The van der Waals surface area contributed by atoms with E-state index in [0.29, 0.717) is 17.4 Å². The lowest BCUT2D eigenvalue weighted by atomic mass is 10.0. The lowest BCUT2D eigenvalue weighted by molar-refractivity contribution is 0.0978. The van der Waals surface area contributed by atoms with Crippen molar-refractivity contribution in [1.82, 2.24) is 0 Å². The third-order valence-electron chi connectivity index (χ3n) is 2.43. The Morgan fingerprint density at radius 2 is 2.12 bits per heavy atom. The van der Waals surface area contributed by atoms with E-state index in [0.717, 1.165) is 22.0 Å². The zero-order valence-corrected chi connectivity index (χ0v) is 12.5. The number of ketones is 1. The van der Waals surface area contributed by atoms with Gasteiger partial charge < -0.3 is 0 Å². The van der Waals surface area contributed by atoms with Gasteiger partial charge in [0, 0.05) is 15.6 Å². The first-order valence-electron chi connectivity index (χ1n) is 5.49. The van der Waals surface area contributed by atoms with Crippen LogP contribution in [-0.2, 0) is 0 Å². The fourth-order valence-electron chi connectivity index (χ4n) is 1.48. The Morgan fingerprint density at radius 3 is 2.69 bits per heavy atom. The third kappa shape index (κ3) is 4.42. The smallest absolute Gasteiger partial charge is 0.162 e. The van der Waals surface area contributed by atoms with Gasteiger partial charge in [-0.1, -0.05) is 37.9 Å². The monoisotopic (exact) mass is 350 g/mol. The number of carbonyl (C=O) groups excluding carboxylic acids is 1. The van der Waals surface area contributed by atoms with E-state index in [4.69, 9.17) is 11.6 Å². The number of rotatable bonds is 5. The summed E-state index contributed by atoms with van der Waals surface area (Å²) < 4.78 is 0.984. The Labute approximate surface area is 116 Å². The normalized spacial score (nSPS) is 10.8. The molecule has 1 aromatic rings. The van der Waals surface area contributed by atoms with Crippen LogP contribution >= 0.6 is 34.2 Å². The van der Waals surface area contributed by atoms with Gasteiger partial charge in [-0.15, -0.1) is 0 Å². The second-order valence-electron chi connectivity index (χ2n) is 4.34. The molecule has 0 heterocycles. The molecule has 0 atom stereocenters. The maximum Gasteiger partial charge on any atom is 0.162 e. The number of hydrogen-bond acceptors (Lipinski definition) is 1. The van der Waals surface area contributed by atoms with Gasteiger partial charge in [0.2, 0.25) is 0 Å². The van der Waals surface area contributed by atoms with Gasteiger partial charge in [0.1, 0.15) is 0 Å². The fourth-order valence-corrected chi connectivity index (χ4v) is 2.00. The molecule has 0 amide bonds. The van der Waals surface area contributed by atoms with Crippen LogP contribution in [0.2, 0.25) is 5.02 Å². The average Bonchev–Trinajstić information content (AvgIpc) is 2.21. The van der Waals surface area contributed by atoms with Crippen LogP contribution in [0.5, 0.6) is 0 Å². The summed E-state index contributed by atoms with van der Waals surface area (Å²) in [7, 11) is 0. The van der Waals surface area contributed by atoms with Crippen LogP contribution < -0.4 is 0 Å². The minimum Gasteiger partial charge on any atom is -0.294 e. The molecule has 1 aromatic carbocycles. The van der Waals surface area contributed by atoms with Crippen LogP contribution in [0.15, 0.2) is 18.2 Å². The Bertz CT molecular complexity index is 374. The number of benzene rings is 1. The molecule has 0 aromatic heterocycles. The highest BCUT2D eigenvalue weighted by Crippen LogP contribution is 2.21. The van der Waals surface area contributed by atoms with E-state index in [1.165, 1.54) is 0 Å². The number of carbonyl (C=O) groups is 1. The molecule has 0 spiro atoms. The molecule has 0 aliphatic heterocycles. The summed E-state index contributed by atoms with van der Waals surface area (Å²) >= 11 is 8.14. The molecule has 0 saturated heterocycles. The van der Waals surface area contributed by atoms with Crippen LogP contribution in [0.3, 0.4) is 0 Å². The largest absolute Gasteiger partial charge is 0.294 e. The van der Waals surface area contributed by atoms with Crippen molar-refractivity contribution in [3.63, 3.8) is 0 Å². The van der Waals surface area contributed by atoms with Gasteiger partial charge in [0.15, 0.2) is 5.78 Å². The maximum atomic E-state index is 11.8. The fraction of sp³-hybridized carbons (Fsp3) is 0.462. The van der Waals surface area contributed by atoms with Crippen LogP contribution in [0.25, 0.3) is 0 Å². The second-order valence-corrected chi connectivity index (χ2v) is 5.91. The Morgan fingerprint density at radius 1 is 1.44 bits per heavy atom. The predicted octanol–water partition coefficient (Wildman–Crippen LogP) is 4.95.